The van der Waals surface area contributed by atoms with E-state index in [1.807, 2.05) is 6.08 Å². The van der Waals surface area contributed by atoms with Crippen molar-refractivity contribution in [1.82, 2.24) is 0 Å². The van der Waals surface area contributed by atoms with E-state index in [2.05, 4.69) is 140 Å². The lowest BCUT2D eigenvalue weighted by molar-refractivity contribution is 0.768. The van der Waals surface area contributed by atoms with Gasteiger partial charge in [0, 0.05) is 5.57 Å². The number of hydrogen-bond donors (Lipinski definition) is 0. The fourth-order valence-electron chi connectivity index (χ4n) is 5.88. The quantitative estimate of drug-likeness (QED) is 0.176. The molecule has 0 saturated carbocycles. The molecule has 0 fully saturated rings. The summed E-state index contributed by atoms with van der Waals surface area (Å²) in [4.78, 5) is 0. The summed E-state index contributed by atoms with van der Waals surface area (Å²) in [5.74, 6) is 0. The van der Waals surface area contributed by atoms with Crippen molar-refractivity contribution in [2.45, 2.75) is 12.3 Å². The van der Waals surface area contributed by atoms with Gasteiger partial charge in [0.2, 0.25) is 0 Å². The van der Waals surface area contributed by atoms with Crippen molar-refractivity contribution in [3.8, 4) is 28.3 Å². The Bertz CT molecular complexity index is 1680. The van der Waals surface area contributed by atoms with Gasteiger partial charge in [0.15, 0.2) is 0 Å². The molecule has 5 aromatic carbocycles. The van der Waals surface area contributed by atoms with Gasteiger partial charge >= 0.3 is 0 Å². The molecule has 6 rings (SSSR count). The van der Waals surface area contributed by atoms with Gasteiger partial charge in [-0.2, -0.15) is 5.26 Å². The number of nitriles is 1. The van der Waals surface area contributed by atoms with Crippen LogP contribution in [0.2, 0.25) is 0 Å². The maximum Gasteiger partial charge on any atom is 0.0944 e. The molecule has 1 aliphatic carbocycles. The fraction of sp³-hybridized carbons (Fsp3) is 0.0541. The second-order valence-corrected chi connectivity index (χ2v) is 9.83. The highest BCUT2D eigenvalue weighted by atomic mass is 14.5. The van der Waals surface area contributed by atoms with E-state index in [0.717, 1.165) is 16.7 Å². The molecule has 5 aromatic rings. The SMILES string of the molecule is C=C(/C=C(\C)C#N)c1ccc(-c2ccc3c(c2)-c2ccccc2C3(c2ccccc2)c2ccccc2)cc1. The van der Waals surface area contributed by atoms with Crippen molar-refractivity contribution in [2.75, 3.05) is 0 Å². The zero-order chi connectivity index (χ0) is 26.1. The highest BCUT2D eigenvalue weighted by molar-refractivity contribution is 5.89. The number of allylic oxidation sites excluding steroid dienone is 3. The van der Waals surface area contributed by atoms with Gasteiger partial charge in [0.1, 0.15) is 0 Å². The van der Waals surface area contributed by atoms with E-state index in [4.69, 9.17) is 5.26 Å². The van der Waals surface area contributed by atoms with Gasteiger partial charge in [-0.15, -0.1) is 0 Å². The molecule has 0 heterocycles. The Morgan fingerprint density at radius 3 is 1.84 bits per heavy atom. The minimum absolute atomic E-state index is 0.375. The Labute approximate surface area is 224 Å². The Morgan fingerprint density at radius 2 is 1.21 bits per heavy atom. The molecule has 38 heavy (non-hydrogen) atoms. The van der Waals surface area contributed by atoms with Crippen molar-refractivity contribution in [1.29, 1.82) is 5.26 Å². The maximum atomic E-state index is 9.09. The van der Waals surface area contributed by atoms with Crippen LogP contribution in [0.3, 0.4) is 0 Å². The normalized spacial score (nSPS) is 13.3. The molecule has 1 nitrogen and oxygen atoms in total. The molecule has 180 valence electrons. The first-order valence-corrected chi connectivity index (χ1v) is 12.9. The lowest BCUT2D eigenvalue weighted by Crippen LogP contribution is -2.28. The Hall–Kier alpha value is -4.93. The summed E-state index contributed by atoms with van der Waals surface area (Å²) in [7, 11) is 0. The van der Waals surface area contributed by atoms with Crippen molar-refractivity contribution in [2.24, 2.45) is 0 Å². The zero-order valence-corrected chi connectivity index (χ0v) is 21.4. The number of benzene rings is 5. The molecular formula is C37H27N. The number of fused-ring (bicyclic) bond motifs is 3. The molecule has 0 unspecified atom stereocenters. The van der Waals surface area contributed by atoms with Gasteiger partial charge in [-0.25, -0.2) is 0 Å². The Balaban J connectivity index is 1.52. The van der Waals surface area contributed by atoms with Gasteiger partial charge in [-0.05, 0) is 74.7 Å². The first-order chi connectivity index (χ1) is 18.6. The largest absolute Gasteiger partial charge is 0.193 e. The Kier molecular flexibility index (Phi) is 5.87. The van der Waals surface area contributed by atoms with E-state index < -0.39 is 0 Å². The van der Waals surface area contributed by atoms with Crippen molar-refractivity contribution in [3.05, 3.63) is 173 Å². The average Bonchev–Trinajstić information content (AvgIpc) is 3.28. The summed E-state index contributed by atoms with van der Waals surface area (Å²) in [5, 5.41) is 9.09. The second kappa shape index (κ2) is 9.51. The van der Waals surface area contributed by atoms with Gasteiger partial charge in [-0.3, -0.25) is 0 Å². The lowest BCUT2D eigenvalue weighted by atomic mass is 9.67. The van der Waals surface area contributed by atoms with Crippen LogP contribution in [0, 0.1) is 11.3 Å². The molecule has 0 aliphatic heterocycles. The highest BCUT2D eigenvalue weighted by Gasteiger charge is 2.45. The molecule has 0 aromatic heterocycles. The number of rotatable bonds is 5. The van der Waals surface area contributed by atoms with Crippen LogP contribution in [-0.2, 0) is 5.41 Å². The van der Waals surface area contributed by atoms with Crippen molar-refractivity contribution >= 4 is 5.57 Å². The van der Waals surface area contributed by atoms with E-state index in [-0.39, 0.29) is 5.41 Å². The summed E-state index contributed by atoms with van der Waals surface area (Å²) in [5.41, 5.74) is 12.2. The van der Waals surface area contributed by atoms with Crippen LogP contribution in [0.25, 0.3) is 27.8 Å². The summed E-state index contributed by atoms with van der Waals surface area (Å²) >= 11 is 0. The monoisotopic (exact) mass is 485 g/mol. The molecule has 0 bridgehead atoms. The van der Waals surface area contributed by atoms with Crippen LogP contribution in [0.15, 0.2) is 146 Å². The molecule has 0 atom stereocenters. The standard InChI is InChI=1S/C37H27N/c1-26(25-38)23-27(2)28-17-19-29(20-18-28)30-21-22-36-34(24-30)33-15-9-10-16-35(33)37(36,31-11-5-3-6-12-31)32-13-7-4-8-14-32/h3-24H,2H2,1H3/b26-23+. The molecule has 0 N–H and O–H groups in total. The number of nitrogens with zero attached hydrogens (tertiary/aromatic N) is 1. The van der Waals surface area contributed by atoms with E-state index in [1.54, 1.807) is 6.92 Å². The van der Waals surface area contributed by atoms with Gasteiger partial charge in [0.05, 0.1) is 11.5 Å². The summed E-state index contributed by atoms with van der Waals surface area (Å²) in [6.07, 6.45) is 1.83. The topological polar surface area (TPSA) is 23.8 Å². The maximum absolute atomic E-state index is 9.09. The molecule has 0 spiro atoms. The molecule has 0 amide bonds. The van der Waals surface area contributed by atoms with E-state index >= 15 is 0 Å². The fourth-order valence-corrected chi connectivity index (χ4v) is 5.88. The predicted molar refractivity (Wildman–Crippen MR) is 158 cm³/mol. The molecule has 1 aliphatic rings. The van der Waals surface area contributed by atoms with Crippen LogP contribution < -0.4 is 0 Å². The lowest BCUT2D eigenvalue weighted by Gasteiger charge is -2.33. The zero-order valence-electron chi connectivity index (χ0n) is 21.4. The van der Waals surface area contributed by atoms with Crippen LogP contribution in [-0.4, -0.2) is 0 Å². The van der Waals surface area contributed by atoms with Crippen molar-refractivity contribution < 1.29 is 0 Å². The van der Waals surface area contributed by atoms with Crippen LogP contribution in [0.1, 0.15) is 34.7 Å². The average molecular weight is 486 g/mol. The first-order valence-electron chi connectivity index (χ1n) is 12.9. The Morgan fingerprint density at radius 1 is 0.658 bits per heavy atom. The molecule has 1 heteroatoms. The third-order valence-corrected chi connectivity index (χ3v) is 7.61. The third-order valence-electron chi connectivity index (χ3n) is 7.61. The predicted octanol–water partition coefficient (Wildman–Crippen LogP) is 9.20. The third kappa shape index (κ3) is 3.71. The molecule has 0 radical (unpaired) electrons. The smallest absolute Gasteiger partial charge is 0.0944 e. The van der Waals surface area contributed by atoms with E-state index in [1.165, 1.54) is 38.9 Å². The molecule has 0 saturated heterocycles. The summed E-state index contributed by atoms with van der Waals surface area (Å²) in [6.45, 7) is 5.93. The summed E-state index contributed by atoms with van der Waals surface area (Å²) in [6, 6.07) is 48.1. The van der Waals surface area contributed by atoms with Gasteiger partial charge < -0.3 is 0 Å². The highest BCUT2D eigenvalue weighted by Crippen LogP contribution is 2.56. The minimum Gasteiger partial charge on any atom is -0.193 e. The van der Waals surface area contributed by atoms with Crippen molar-refractivity contribution in [3.63, 3.8) is 0 Å². The minimum atomic E-state index is -0.375. The van der Waals surface area contributed by atoms with Crippen LogP contribution in [0.5, 0.6) is 0 Å². The summed E-state index contributed by atoms with van der Waals surface area (Å²) < 4.78 is 0. The molecular weight excluding hydrogens is 458 g/mol. The van der Waals surface area contributed by atoms with E-state index in [0.29, 0.717) is 5.57 Å². The van der Waals surface area contributed by atoms with Crippen LogP contribution in [0.4, 0.5) is 0 Å². The van der Waals surface area contributed by atoms with Gasteiger partial charge in [0.25, 0.3) is 0 Å². The second-order valence-electron chi connectivity index (χ2n) is 9.83. The van der Waals surface area contributed by atoms with E-state index in [9.17, 15) is 0 Å². The number of hydrogen-bond acceptors (Lipinski definition) is 1. The van der Waals surface area contributed by atoms with Gasteiger partial charge in [-0.1, -0.05) is 128 Å². The first kappa shape index (κ1) is 23.5. The van der Waals surface area contributed by atoms with Crippen LogP contribution >= 0.6 is 0 Å².